The first-order chi connectivity index (χ1) is 8.70. The largest absolute Gasteiger partial charge is 0.206 e. The van der Waals surface area contributed by atoms with Crippen LogP contribution < -0.4 is 0 Å². The highest BCUT2D eigenvalue weighted by molar-refractivity contribution is 9.08. The molecule has 0 aliphatic heterocycles. The van der Waals surface area contributed by atoms with Crippen molar-refractivity contribution in [1.29, 1.82) is 0 Å². The van der Waals surface area contributed by atoms with E-state index in [-0.39, 0.29) is 5.82 Å². The fourth-order valence-electron chi connectivity index (χ4n) is 1.57. The van der Waals surface area contributed by atoms with E-state index in [0.29, 0.717) is 10.6 Å². The monoisotopic (exact) mass is 324 g/mol. The van der Waals surface area contributed by atoms with Crippen molar-refractivity contribution in [3.05, 3.63) is 70.0 Å². The van der Waals surface area contributed by atoms with Gasteiger partial charge in [0.15, 0.2) is 0 Å². The molecule has 18 heavy (non-hydrogen) atoms. The van der Waals surface area contributed by atoms with Crippen LogP contribution in [0.2, 0.25) is 5.02 Å². The Balaban J connectivity index is 2.24. The third-order valence-corrected chi connectivity index (χ3v) is 3.55. The Hall–Kier alpha value is -1.12. The Kier molecular flexibility index (Phi) is 4.56. The van der Waals surface area contributed by atoms with Crippen LogP contribution >= 0.6 is 27.5 Å². The van der Waals surface area contributed by atoms with E-state index in [1.54, 1.807) is 18.2 Å². The summed E-state index contributed by atoms with van der Waals surface area (Å²) in [6, 6.07) is 12.7. The Morgan fingerprint density at radius 1 is 1.06 bits per heavy atom. The molecule has 2 aromatic carbocycles. The van der Waals surface area contributed by atoms with E-state index in [4.69, 9.17) is 11.6 Å². The molecule has 0 saturated carbocycles. The normalized spacial score (nSPS) is 11.1. The molecule has 0 nitrogen and oxygen atoms in total. The smallest absolute Gasteiger partial charge is 0.131 e. The van der Waals surface area contributed by atoms with Gasteiger partial charge in [-0.15, -0.1) is 0 Å². The van der Waals surface area contributed by atoms with Gasteiger partial charge in [0.05, 0.1) is 5.02 Å². The van der Waals surface area contributed by atoms with Gasteiger partial charge in [-0.3, -0.25) is 0 Å². The third kappa shape index (κ3) is 3.21. The van der Waals surface area contributed by atoms with Crippen LogP contribution in [0, 0.1) is 5.82 Å². The molecule has 0 radical (unpaired) electrons. The molecule has 0 bridgehead atoms. The topological polar surface area (TPSA) is 0 Å². The van der Waals surface area contributed by atoms with Crippen LogP contribution in [0.1, 0.15) is 16.7 Å². The number of alkyl halides is 1. The molecule has 3 heteroatoms. The van der Waals surface area contributed by atoms with Crippen LogP contribution in [0.15, 0.2) is 42.5 Å². The van der Waals surface area contributed by atoms with Crippen molar-refractivity contribution in [3.8, 4) is 0 Å². The Labute approximate surface area is 119 Å². The van der Waals surface area contributed by atoms with Gasteiger partial charge in [-0.1, -0.05) is 63.9 Å². The molecule has 92 valence electrons. The zero-order valence-electron chi connectivity index (χ0n) is 9.54. The molecule has 0 aromatic heterocycles. The second-order valence-corrected chi connectivity index (χ2v) is 4.81. The standard InChI is InChI=1S/C15H11BrClF/c16-10-12-6-4-11(5-7-12)8-9-13-14(17)2-1-3-15(13)18/h1-9H,10H2/b9-8+. The molecular formula is C15H11BrClF. The SMILES string of the molecule is Fc1cccc(Cl)c1/C=C/c1ccc(CBr)cc1. The van der Waals surface area contributed by atoms with E-state index < -0.39 is 0 Å². The highest BCUT2D eigenvalue weighted by Crippen LogP contribution is 2.21. The van der Waals surface area contributed by atoms with E-state index in [2.05, 4.69) is 15.9 Å². The van der Waals surface area contributed by atoms with Crippen LogP contribution in [-0.4, -0.2) is 0 Å². The van der Waals surface area contributed by atoms with Crippen molar-refractivity contribution in [2.75, 3.05) is 0 Å². The molecule has 0 heterocycles. The van der Waals surface area contributed by atoms with Crippen molar-refractivity contribution >= 4 is 39.7 Å². The zero-order chi connectivity index (χ0) is 13.0. The lowest BCUT2D eigenvalue weighted by atomic mass is 10.1. The van der Waals surface area contributed by atoms with E-state index >= 15 is 0 Å². The summed E-state index contributed by atoms with van der Waals surface area (Å²) in [5.41, 5.74) is 2.64. The van der Waals surface area contributed by atoms with E-state index in [0.717, 1.165) is 10.9 Å². The summed E-state index contributed by atoms with van der Waals surface area (Å²) in [5.74, 6) is -0.309. The third-order valence-electron chi connectivity index (χ3n) is 2.58. The van der Waals surface area contributed by atoms with E-state index in [9.17, 15) is 4.39 Å². The van der Waals surface area contributed by atoms with Crippen LogP contribution in [0.25, 0.3) is 12.2 Å². The molecule has 0 saturated heterocycles. The molecule has 2 aromatic rings. The molecule has 0 atom stereocenters. The molecule has 0 spiro atoms. The summed E-state index contributed by atoms with van der Waals surface area (Å²) < 4.78 is 13.5. The zero-order valence-corrected chi connectivity index (χ0v) is 11.9. The van der Waals surface area contributed by atoms with Gasteiger partial charge in [0.2, 0.25) is 0 Å². The second-order valence-electron chi connectivity index (χ2n) is 3.84. The Morgan fingerprint density at radius 3 is 2.39 bits per heavy atom. The van der Waals surface area contributed by atoms with Crippen LogP contribution in [0.3, 0.4) is 0 Å². The first-order valence-electron chi connectivity index (χ1n) is 5.47. The summed E-state index contributed by atoms with van der Waals surface area (Å²) in [5, 5.41) is 1.25. The fraction of sp³-hybridized carbons (Fsp3) is 0.0667. The number of benzene rings is 2. The lowest BCUT2D eigenvalue weighted by molar-refractivity contribution is 0.625. The average Bonchev–Trinajstić information content (AvgIpc) is 2.39. The van der Waals surface area contributed by atoms with Crippen molar-refractivity contribution in [3.63, 3.8) is 0 Å². The summed E-state index contributed by atoms with van der Waals surface area (Å²) in [6.45, 7) is 0. The van der Waals surface area contributed by atoms with Crippen LogP contribution in [0.4, 0.5) is 4.39 Å². The first-order valence-corrected chi connectivity index (χ1v) is 6.97. The molecule has 0 amide bonds. The predicted octanol–water partition coefficient (Wildman–Crippen LogP) is 5.54. The van der Waals surface area contributed by atoms with Gasteiger partial charge in [-0.05, 0) is 29.3 Å². The van der Waals surface area contributed by atoms with Gasteiger partial charge in [0.1, 0.15) is 5.82 Å². The summed E-state index contributed by atoms with van der Waals surface area (Å²) in [4.78, 5) is 0. The quantitative estimate of drug-likeness (QED) is 0.513. The average molecular weight is 326 g/mol. The van der Waals surface area contributed by atoms with Crippen LogP contribution in [0.5, 0.6) is 0 Å². The highest BCUT2D eigenvalue weighted by Gasteiger charge is 2.02. The first kappa shape index (κ1) is 13.3. The number of hydrogen-bond donors (Lipinski definition) is 0. The summed E-state index contributed by atoms with van der Waals surface area (Å²) >= 11 is 9.34. The van der Waals surface area contributed by atoms with Crippen molar-refractivity contribution in [2.45, 2.75) is 5.33 Å². The summed E-state index contributed by atoms with van der Waals surface area (Å²) in [6.07, 6.45) is 3.54. The van der Waals surface area contributed by atoms with Gasteiger partial charge in [-0.2, -0.15) is 0 Å². The van der Waals surface area contributed by atoms with Gasteiger partial charge < -0.3 is 0 Å². The lowest BCUT2D eigenvalue weighted by Crippen LogP contribution is -1.83. The maximum atomic E-state index is 13.5. The predicted molar refractivity (Wildman–Crippen MR) is 79.4 cm³/mol. The maximum absolute atomic E-state index is 13.5. The van der Waals surface area contributed by atoms with E-state index in [1.807, 2.05) is 30.3 Å². The van der Waals surface area contributed by atoms with Gasteiger partial charge in [-0.25, -0.2) is 4.39 Å². The van der Waals surface area contributed by atoms with Gasteiger partial charge >= 0.3 is 0 Å². The molecular weight excluding hydrogens is 315 g/mol. The number of hydrogen-bond acceptors (Lipinski definition) is 0. The molecule has 0 N–H and O–H groups in total. The van der Waals surface area contributed by atoms with Crippen molar-refractivity contribution < 1.29 is 4.39 Å². The molecule has 0 unspecified atom stereocenters. The van der Waals surface area contributed by atoms with Gasteiger partial charge in [0.25, 0.3) is 0 Å². The van der Waals surface area contributed by atoms with Crippen LogP contribution in [-0.2, 0) is 5.33 Å². The van der Waals surface area contributed by atoms with Gasteiger partial charge in [0, 0.05) is 10.9 Å². The minimum Gasteiger partial charge on any atom is -0.206 e. The number of rotatable bonds is 3. The highest BCUT2D eigenvalue weighted by atomic mass is 79.9. The minimum atomic E-state index is -0.309. The summed E-state index contributed by atoms with van der Waals surface area (Å²) in [7, 11) is 0. The number of halogens is 3. The maximum Gasteiger partial charge on any atom is 0.131 e. The minimum absolute atomic E-state index is 0.309. The lowest BCUT2D eigenvalue weighted by Gasteiger charge is -2.00. The second kappa shape index (κ2) is 6.17. The van der Waals surface area contributed by atoms with Crippen molar-refractivity contribution in [2.24, 2.45) is 0 Å². The molecule has 0 aliphatic rings. The molecule has 0 aliphatic carbocycles. The Bertz CT molecular complexity index is 541. The fourth-order valence-corrected chi connectivity index (χ4v) is 2.17. The Morgan fingerprint density at radius 2 is 1.78 bits per heavy atom. The van der Waals surface area contributed by atoms with E-state index in [1.165, 1.54) is 11.6 Å². The molecule has 0 fully saturated rings. The van der Waals surface area contributed by atoms with Crippen molar-refractivity contribution in [1.82, 2.24) is 0 Å². The molecule has 2 rings (SSSR count).